The van der Waals surface area contributed by atoms with E-state index in [0.717, 1.165) is 44.2 Å². The summed E-state index contributed by atoms with van der Waals surface area (Å²) in [7, 11) is 0. The fourth-order valence-electron chi connectivity index (χ4n) is 3.35. The number of pyridine rings is 1. The van der Waals surface area contributed by atoms with Gasteiger partial charge in [0.05, 0.1) is 5.52 Å². The Bertz CT molecular complexity index is 1200. The van der Waals surface area contributed by atoms with Gasteiger partial charge >= 0.3 is 0 Å². The van der Waals surface area contributed by atoms with Crippen LogP contribution in [0.3, 0.4) is 0 Å². The van der Waals surface area contributed by atoms with Crippen molar-refractivity contribution in [1.82, 2.24) is 20.2 Å². The van der Waals surface area contributed by atoms with E-state index < -0.39 is 0 Å². The molecule has 0 amide bonds. The lowest BCUT2D eigenvalue weighted by Gasteiger charge is -2.09. The number of anilines is 1. The van der Waals surface area contributed by atoms with Crippen molar-refractivity contribution >= 4 is 27.8 Å². The van der Waals surface area contributed by atoms with Crippen molar-refractivity contribution in [2.45, 2.75) is 0 Å². The van der Waals surface area contributed by atoms with Crippen LogP contribution in [0.5, 0.6) is 0 Å². The zero-order chi connectivity index (χ0) is 16.8. The number of aromatic amines is 2. The van der Waals surface area contributed by atoms with E-state index in [2.05, 4.69) is 44.4 Å². The van der Waals surface area contributed by atoms with Crippen LogP contribution in [0.1, 0.15) is 0 Å². The van der Waals surface area contributed by atoms with Crippen LogP contribution in [-0.4, -0.2) is 20.2 Å². The topological polar surface area (TPSA) is 83.4 Å². The molecule has 0 fully saturated rings. The standard InChI is InChI=1S/C20H15N5/c21-19-17-11-13(14-6-8-22-20-15(14)7-9-23-20)10-16(18(17)24-25-19)12-4-2-1-3-5-12/h1-11H,(H,22,23)(H3,21,24,25). The summed E-state index contributed by atoms with van der Waals surface area (Å²) in [4.78, 5) is 7.54. The summed E-state index contributed by atoms with van der Waals surface area (Å²) in [6.07, 6.45) is 3.73. The first-order valence-electron chi connectivity index (χ1n) is 8.07. The zero-order valence-corrected chi connectivity index (χ0v) is 13.3. The number of rotatable bonds is 2. The number of nitrogens with one attached hydrogen (secondary N) is 2. The van der Waals surface area contributed by atoms with Crippen molar-refractivity contribution in [1.29, 1.82) is 0 Å². The summed E-state index contributed by atoms with van der Waals surface area (Å²) in [5.74, 6) is 0.508. The molecule has 3 aromatic heterocycles. The van der Waals surface area contributed by atoms with Crippen LogP contribution in [0.15, 0.2) is 67.0 Å². The van der Waals surface area contributed by atoms with Crippen LogP contribution in [0.4, 0.5) is 5.82 Å². The van der Waals surface area contributed by atoms with Crippen molar-refractivity contribution in [3.8, 4) is 22.3 Å². The maximum Gasteiger partial charge on any atom is 0.153 e. The van der Waals surface area contributed by atoms with Crippen LogP contribution < -0.4 is 5.73 Å². The Morgan fingerprint density at radius 2 is 1.72 bits per heavy atom. The van der Waals surface area contributed by atoms with Gasteiger partial charge in [0.25, 0.3) is 0 Å². The molecule has 3 heterocycles. The van der Waals surface area contributed by atoms with Gasteiger partial charge in [-0.25, -0.2) is 4.98 Å². The quantitative estimate of drug-likeness (QED) is 0.451. The number of aromatic nitrogens is 4. The van der Waals surface area contributed by atoms with Crippen molar-refractivity contribution in [3.63, 3.8) is 0 Å². The van der Waals surface area contributed by atoms with Gasteiger partial charge < -0.3 is 10.7 Å². The van der Waals surface area contributed by atoms with Crippen LogP contribution in [0.2, 0.25) is 0 Å². The third-order valence-corrected chi connectivity index (χ3v) is 4.56. The normalized spacial score (nSPS) is 11.4. The number of fused-ring (bicyclic) bond motifs is 2. The molecule has 5 heteroatoms. The molecule has 5 rings (SSSR count). The highest BCUT2D eigenvalue weighted by Crippen LogP contribution is 2.36. The minimum atomic E-state index is 0.508. The molecule has 0 bridgehead atoms. The van der Waals surface area contributed by atoms with E-state index in [0.29, 0.717) is 5.82 Å². The Morgan fingerprint density at radius 1 is 0.840 bits per heavy atom. The molecule has 0 saturated carbocycles. The molecule has 120 valence electrons. The third-order valence-electron chi connectivity index (χ3n) is 4.56. The summed E-state index contributed by atoms with van der Waals surface area (Å²) in [6, 6.07) is 18.6. The van der Waals surface area contributed by atoms with Crippen LogP contribution in [0.25, 0.3) is 44.2 Å². The molecule has 0 unspecified atom stereocenters. The van der Waals surface area contributed by atoms with E-state index in [-0.39, 0.29) is 0 Å². The minimum absolute atomic E-state index is 0.508. The highest BCUT2D eigenvalue weighted by Gasteiger charge is 2.14. The number of hydrogen-bond donors (Lipinski definition) is 3. The number of hydrogen-bond acceptors (Lipinski definition) is 3. The molecule has 0 aliphatic rings. The molecular formula is C20H15N5. The molecule has 5 nitrogen and oxygen atoms in total. The Balaban J connectivity index is 1.86. The number of H-pyrrole nitrogens is 2. The molecule has 5 aromatic rings. The van der Waals surface area contributed by atoms with E-state index in [1.807, 2.05) is 42.7 Å². The van der Waals surface area contributed by atoms with Gasteiger partial charge in [0.2, 0.25) is 0 Å². The maximum absolute atomic E-state index is 6.10. The second-order valence-corrected chi connectivity index (χ2v) is 6.02. The molecule has 0 spiro atoms. The summed E-state index contributed by atoms with van der Waals surface area (Å²) < 4.78 is 0. The van der Waals surface area contributed by atoms with Gasteiger partial charge in [0.1, 0.15) is 5.65 Å². The van der Waals surface area contributed by atoms with Gasteiger partial charge in [-0.2, -0.15) is 5.10 Å². The summed E-state index contributed by atoms with van der Waals surface area (Å²) in [6.45, 7) is 0. The minimum Gasteiger partial charge on any atom is -0.382 e. The average molecular weight is 325 g/mol. The average Bonchev–Trinajstić information content (AvgIpc) is 3.28. The number of nitrogen functional groups attached to an aromatic ring is 1. The van der Waals surface area contributed by atoms with Crippen LogP contribution in [-0.2, 0) is 0 Å². The first-order chi connectivity index (χ1) is 12.3. The largest absolute Gasteiger partial charge is 0.382 e. The molecule has 25 heavy (non-hydrogen) atoms. The summed E-state index contributed by atoms with van der Waals surface area (Å²) in [5, 5.41) is 9.29. The number of nitrogens with two attached hydrogens (primary N) is 1. The van der Waals surface area contributed by atoms with E-state index in [1.165, 1.54) is 0 Å². The lowest BCUT2D eigenvalue weighted by atomic mass is 9.95. The molecule has 0 aliphatic heterocycles. The van der Waals surface area contributed by atoms with Gasteiger partial charge in [-0.15, -0.1) is 0 Å². The summed E-state index contributed by atoms with van der Waals surface area (Å²) in [5.41, 5.74) is 12.3. The van der Waals surface area contributed by atoms with Crippen molar-refractivity contribution < 1.29 is 0 Å². The molecule has 0 saturated heterocycles. The Kier molecular flexibility index (Phi) is 2.87. The first-order valence-corrected chi connectivity index (χ1v) is 8.07. The molecule has 0 aliphatic carbocycles. The fourth-order valence-corrected chi connectivity index (χ4v) is 3.35. The van der Waals surface area contributed by atoms with Gasteiger partial charge in [-0.05, 0) is 41.0 Å². The van der Waals surface area contributed by atoms with Gasteiger partial charge in [0, 0.05) is 28.7 Å². The molecule has 2 aromatic carbocycles. The zero-order valence-electron chi connectivity index (χ0n) is 13.3. The smallest absolute Gasteiger partial charge is 0.153 e. The second kappa shape index (κ2) is 5.21. The second-order valence-electron chi connectivity index (χ2n) is 6.02. The van der Waals surface area contributed by atoms with Crippen molar-refractivity contribution in [3.05, 3.63) is 67.0 Å². The fraction of sp³-hybridized carbons (Fsp3) is 0. The van der Waals surface area contributed by atoms with Gasteiger partial charge in [-0.1, -0.05) is 30.3 Å². The highest BCUT2D eigenvalue weighted by molar-refractivity contribution is 6.04. The van der Waals surface area contributed by atoms with Gasteiger partial charge in [-0.3, -0.25) is 5.10 Å². The van der Waals surface area contributed by atoms with Crippen LogP contribution >= 0.6 is 0 Å². The molecule has 0 radical (unpaired) electrons. The van der Waals surface area contributed by atoms with E-state index in [4.69, 9.17) is 5.73 Å². The Morgan fingerprint density at radius 3 is 2.60 bits per heavy atom. The molecule has 0 atom stereocenters. The van der Waals surface area contributed by atoms with E-state index in [1.54, 1.807) is 0 Å². The predicted octanol–water partition coefficient (Wildman–Crippen LogP) is 4.36. The predicted molar refractivity (Wildman–Crippen MR) is 101 cm³/mol. The van der Waals surface area contributed by atoms with Crippen molar-refractivity contribution in [2.24, 2.45) is 0 Å². The SMILES string of the molecule is Nc1n[nH]c2c(-c3ccccc3)cc(-c3ccnc4[nH]ccc34)cc12. The van der Waals surface area contributed by atoms with Gasteiger partial charge in [0.15, 0.2) is 5.82 Å². The lowest BCUT2D eigenvalue weighted by Crippen LogP contribution is -1.88. The Labute approximate surface area is 143 Å². The first kappa shape index (κ1) is 13.8. The maximum atomic E-state index is 6.10. The summed E-state index contributed by atoms with van der Waals surface area (Å²) >= 11 is 0. The monoisotopic (exact) mass is 325 g/mol. The van der Waals surface area contributed by atoms with E-state index in [9.17, 15) is 0 Å². The van der Waals surface area contributed by atoms with E-state index >= 15 is 0 Å². The lowest BCUT2D eigenvalue weighted by molar-refractivity contribution is 1.13. The van der Waals surface area contributed by atoms with Crippen LogP contribution in [0, 0.1) is 0 Å². The number of benzene rings is 2. The molecular weight excluding hydrogens is 310 g/mol. The Hall–Kier alpha value is -3.60. The number of nitrogens with zero attached hydrogens (tertiary/aromatic N) is 2. The van der Waals surface area contributed by atoms with Crippen molar-refractivity contribution in [2.75, 3.05) is 5.73 Å². The third kappa shape index (κ3) is 2.10. The molecule has 4 N–H and O–H groups in total. The highest BCUT2D eigenvalue weighted by atomic mass is 15.1.